The summed E-state index contributed by atoms with van der Waals surface area (Å²) in [6.45, 7) is 5.75. The Kier molecular flexibility index (Phi) is 7.91. The van der Waals surface area contributed by atoms with Gasteiger partial charge in [-0.15, -0.1) is 0 Å². The lowest BCUT2D eigenvalue weighted by atomic mass is 9.89. The number of piperidine rings is 1. The summed E-state index contributed by atoms with van der Waals surface area (Å²) in [5, 5.41) is 3.26. The van der Waals surface area contributed by atoms with Gasteiger partial charge in [-0.1, -0.05) is 12.1 Å². The van der Waals surface area contributed by atoms with Gasteiger partial charge in [-0.2, -0.15) is 13.2 Å². The molecule has 0 spiro atoms. The van der Waals surface area contributed by atoms with Crippen LogP contribution in [0.5, 0.6) is 0 Å². The second-order valence-corrected chi connectivity index (χ2v) is 6.41. The van der Waals surface area contributed by atoms with Crippen molar-refractivity contribution >= 4 is 11.6 Å². The van der Waals surface area contributed by atoms with Crippen LogP contribution in [-0.4, -0.2) is 56.1 Å². The molecule has 1 aromatic rings. The lowest BCUT2D eigenvalue weighted by Crippen LogP contribution is -2.45. The zero-order chi connectivity index (χ0) is 19.9. The Labute approximate surface area is 157 Å². The fraction of sp³-hybridized carbons (Fsp3) is 0.632. The molecule has 1 saturated heterocycles. The third kappa shape index (κ3) is 6.39. The number of likely N-dealkylation sites (tertiary alicyclic amines) is 1. The van der Waals surface area contributed by atoms with Gasteiger partial charge in [-0.3, -0.25) is 4.79 Å². The van der Waals surface area contributed by atoms with Gasteiger partial charge >= 0.3 is 12.1 Å². The zero-order valence-corrected chi connectivity index (χ0v) is 15.7. The standard InChI is InChI=1S/C19H27F3N2O3/c1-3-26-17(27-4-2)13-23-16-7-5-14(6-8-16)15-9-11-24(12-10-15)18(25)19(20,21)22/h5-8,15,17,23H,3-4,9-13H2,1-2H3. The van der Waals surface area contributed by atoms with Gasteiger partial charge in [-0.25, -0.2) is 0 Å². The normalized spacial score (nSPS) is 16.0. The van der Waals surface area contributed by atoms with Crippen LogP contribution in [0.25, 0.3) is 0 Å². The summed E-state index contributed by atoms with van der Waals surface area (Å²) in [6.07, 6.45) is -4.03. The number of nitrogens with zero attached hydrogens (tertiary/aromatic N) is 1. The van der Waals surface area contributed by atoms with E-state index in [1.54, 1.807) is 0 Å². The average Bonchev–Trinajstić information content (AvgIpc) is 2.66. The third-order valence-corrected chi connectivity index (χ3v) is 4.58. The van der Waals surface area contributed by atoms with Crippen molar-refractivity contribution in [3.05, 3.63) is 29.8 Å². The molecular formula is C19H27F3N2O3. The first kappa shape index (κ1) is 21.5. The molecule has 1 fully saturated rings. The van der Waals surface area contributed by atoms with E-state index in [-0.39, 0.29) is 25.3 Å². The Hall–Kier alpha value is -1.80. The molecule has 1 aliphatic heterocycles. The van der Waals surface area contributed by atoms with Crippen LogP contribution < -0.4 is 5.32 Å². The molecule has 5 nitrogen and oxygen atoms in total. The van der Waals surface area contributed by atoms with E-state index < -0.39 is 12.1 Å². The van der Waals surface area contributed by atoms with Crippen molar-refractivity contribution in [2.75, 3.05) is 38.2 Å². The van der Waals surface area contributed by atoms with Gasteiger partial charge in [0, 0.05) is 32.0 Å². The van der Waals surface area contributed by atoms with Crippen molar-refractivity contribution in [2.24, 2.45) is 0 Å². The van der Waals surface area contributed by atoms with E-state index in [0.29, 0.717) is 32.6 Å². The monoisotopic (exact) mass is 388 g/mol. The van der Waals surface area contributed by atoms with Gasteiger partial charge in [0.25, 0.3) is 0 Å². The Bertz CT molecular complexity index is 579. The molecule has 0 radical (unpaired) electrons. The molecule has 27 heavy (non-hydrogen) atoms. The van der Waals surface area contributed by atoms with Crippen LogP contribution in [0, 0.1) is 0 Å². The lowest BCUT2D eigenvalue weighted by molar-refractivity contribution is -0.186. The SMILES string of the molecule is CCOC(CNc1ccc(C2CCN(C(=O)C(F)(F)F)CC2)cc1)OCC. The van der Waals surface area contributed by atoms with Crippen molar-refractivity contribution in [1.82, 2.24) is 4.90 Å². The molecule has 8 heteroatoms. The third-order valence-electron chi connectivity index (χ3n) is 4.58. The van der Waals surface area contributed by atoms with E-state index in [1.807, 2.05) is 38.1 Å². The second kappa shape index (κ2) is 9.94. The van der Waals surface area contributed by atoms with E-state index >= 15 is 0 Å². The van der Waals surface area contributed by atoms with Crippen LogP contribution >= 0.6 is 0 Å². The van der Waals surface area contributed by atoms with Crippen molar-refractivity contribution in [2.45, 2.75) is 45.1 Å². The predicted molar refractivity (Wildman–Crippen MR) is 96.6 cm³/mol. The number of hydrogen-bond donors (Lipinski definition) is 1. The highest BCUT2D eigenvalue weighted by Gasteiger charge is 2.43. The highest BCUT2D eigenvalue weighted by molar-refractivity contribution is 5.81. The molecule has 1 heterocycles. The minimum Gasteiger partial charge on any atom is -0.380 e. The van der Waals surface area contributed by atoms with Crippen LogP contribution in [0.4, 0.5) is 18.9 Å². The number of carbonyl (C=O) groups is 1. The molecule has 152 valence electrons. The number of anilines is 1. The summed E-state index contributed by atoms with van der Waals surface area (Å²) < 4.78 is 48.5. The highest BCUT2D eigenvalue weighted by atomic mass is 19.4. The van der Waals surface area contributed by atoms with Crippen molar-refractivity contribution in [1.29, 1.82) is 0 Å². The van der Waals surface area contributed by atoms with E-state index in [4.69, 9.17) is 9.47 Å². The molecule has 0 atom stereocenters. The van der Waals surface area contributed by atoms with Gasteiger partial charge in [0.05, 0.1) is 6.54 Å². The minimum absolute atomic E-state index is 0.132. The molecule has 0 saturated carbocycles. The number of halogens is 3. The predicted octanol–water partition coefficient (Wildman–Crippen LogP) is 3.77. The topological polar surface area (TPSA) is 50.8 Å². The molecule has 0 aromatic heterocycles. The lowest BCUT2D eigenvalue weighted by Gasteiger charge is -2.32. The zero-order valence-electron chi connectivity index (χ0n) is 15.7. The molecular weight excluding hydrogens is 361 g/mol. The molecule has 0 bridgehead atoms. The van der Waals surface area contributed by atoms with Gasteiger partial charge in [0.15, 0.2) is 6.29 Å². The summed E-state index contributed by atoms with van der Waals surface area (Å²) in [6, 6.07) is 7.84. The van der Waals surface area contributed by atoms with Gasteiger partial charge in [0.1, 0.15) is 0 Å². The summed E-state index contributed by atoms with van der Waals surface area (Å²) in [5.41, 5.74) is 2.00. The average molecular weight is 388 g/mol. The quantitative estimate of drug-likeness (QED) is 0.689. The smallest absolute Gasteiger partial charge is 0.380 e. The molecule has 1 N–H and O–H groups in total. The van der Waals surface area contributed by atoms with E-state index in [9.17, 15) is 18.0 Å². The number of alkyl halides is 3. The van der Waals surface area contributed by atoms with E-state index in [2.05, 4.69) is 5.32 Å². The number of rotatable bonds is 8. The fourth-order valence-electron chi connectivity index (χ4n) is 3.21. The number of benzene rings is 1. The largest absolute Gasteiger partial charge is 0.471 e. The minimum atomic E-state index is -4.79. The van der Waals surface area contributed by atoms with Crippen LogP contribution in [0.2, 0.25) is 0 Å². The fourth-order valence-corrected chi connectivity index (χ4v) is 3.21. The van der Waals surface area contributed by atoms with Crippen LogP contribution in [0.15, 0.2) is 24.3 Å². The number of hydrogen-bond acceptors (Lipinski definition) is 4. The molecule has 2 rings (SSSR count). The summed E-state index contributed by atoms with van der Waals surface area (Å²) in [5.74, 6) is -1.57. The maximum Gasteiger partial charge on any atom is 0.471 e. The molecule has 0 aliphatic carbocycles. The Morgan fingerprint density at radius 3 is 2.19 bits per heavy atom. The highest BCUT2D eigenvalue weighted by Crippen LogP contribution is 2.30. The first-order valence-corrected chi connectivity index (χ1v) is 9.28. The number of carbonyl (C=O) groups excluding carboxylic acids is 1. The maximum atomic E-state index is 12.5. The van der Waals surface area contributed by atoms with Crippen molar-refractivity contribution in [3.63, 3.8) is 0 Å². The number of amides is 1. The molecule has 0 unspecified atom stereocenters. The Morgan fingerprint density at radius 1 is 1.15 bits per heavy atom. The molecule has 1 aromatic carbocycles. The van der Waals surface area contributed by atoms with Gasteiger partial charge < -0.3 is 19.7 Å². The van der Waals surface area contributed by atoms with E-state index in [1.165, 1.54) is 0 Å². The van der Waals surface area contributed by atoms with Gasteiger partial charge in [0.2, 0.25) is 0 Å². The van der Waals surface area contributed by atoms with Gasteiger partial charge in [-0.05, 0) is 50.3 Å². The first-order chi connectivity index (χ1) is 12.8. The first-order valence-electron chi connectivity index (χ1n) is 9.28. The molecule has 1 amide bonds. The molecule has 1 aliphatic rings. The second-order valence-electron chi connectivity index (χ2n) is 6.41. The van der Waals surface area contributed by atoms with Crippen LogP contribution in [0.3, 0.4) is 0 Å². The van der Waals surface area contributed by atoms with E-state index in [0.717, 1.165) is 16.2 Å². The van der Waals surface area contributed by atoms with Crippen LogP contribution in [-0.2, 0) is 14.3 Å². The number of nitrogens with one attached hydrogen (secondary N) is 1. The van der Waals surface area contributed by atoms with Crippen molar-refractivity contribution < 1.29 is 27.4 Å². The summed E-state index contributed by atoms with van der Waals surface area (Å²) in [7, 11) is 0. The summed E-state index contributed by atoms with van der Waals surface area (Å²) >= 11 is 0. The number of ether oxygens (including phenoxy) is 2. The summed E-state index contributed by atoms with van der Waals surface area (Å²) in [4.78, 5) is 12.2. The Morgan fingerprint density at radius 2 is 1.70 bits per heavy atom. The maximum absolute atomic E-state index is 12.5. The Balaban J connectivity index is 1.84. The van der Waals surface area contributed by atoms with Crippen molar-refractivity contribution in [3.8, 4) is 0 Å². The van der Waals surface area contributed by atoms with Crippen LogP contribution in [0.1, 0.15) is 38.2 Å².